The lowest BCUT2D eigenvalue weighted by molar-refractivity contribution is 0.0671. The highest BCUT2D eigenvalue weighted by molar-refractivity contribution is 6.22. The molecule has 0 saturated carbocycles. The molecule has 3 aromatic rings. The summed E-state index contributed by atoms with van der Waals surface area (Å²) >= 11 is 0. The van der Waals surface area contributed by atoms with E-state index in [0.717, 1.165) is 27.0 Å². The first kappa shape index (κ1) is 20.3. The van der Waals surface area contributed by atoms with Crippen molar-refractivity contribution < 1.29 is 19.1 Å². The van der Waals surface area contributed by atoms with Crippen LogP contribution in [0.3, 0.4) is 0 Å². The van der Waals surface area contributed by atoms with Crippen molar-refractivity contribution >= 4 is 28.5 Å². The average molecular weight is 414 g/mol. The minimum Gasteiger partial charge on any atom is -0.497 e. The fourth-order valence-electron chi connectivity index (χ4n) is 3.78. The first-order chi connectivity index (χ1) is 14.9. The van der Waals surface area contributed by atoms with Crippen molar-refractivity contribution in [2.24, 2.45) is 0 Å². The SMILES string of the molecule is C=CCN1C(=O)c2ccc(C(=O)N(C)Cc3ccc4cc(OC)ccc4c3)cc2C1=O. The van der Waals surface area contributed by atoms with Crippen LogP contribution >= 0.6 is 0 Å². The third-order valence-electron chi connectivity index (χ3n) is 5.41. The molecule has 0 aromatic heterocycles. The summed E-state index contributed by atoms with van der Waals surface area (Å²) in [7, 11) is 3.35. The molecule has 0 N–H and O–H groups in total. The summed E-state index contributed by atoms with van der Waals surface area (Å²) in [6, 6.07) is 16.5. The maximum Gasteiger partial charge on any atom is 0.261 e. The lowest BCUT2D eigenvalue weighted by atomic mass is 10.0. The molecule has 31 heavy (non-hydrogen) atoms. The van der Waals surface area contributed by atoms with Crippen molar-refractivity contribution in [3.63, 3.8) is 0 Å². The molecule has 6 nitrogen and oxygen atoms in total. The number of carbonyl (C=O) groups is 3. The van der Waals surface area contributed by atoms with Crippen molar-refractivity contribution in [2.45, 2.75) is 6.54 Å². The van der Waals surface area contributed by atoms with E-state index in [1.165, 1.54) is 12.1 Å². The fraction of sp³-hybridized carbons (Fsp3) is 0.160. The molecule has 0 radical (unpaired) electrons. The van der Waals surface area contributed by atoms with Crippen LogP contribution in [0, 0.1) is 0 Å². The Morgan fingerprint density at radius 1 is 1.00 bits per heavy atom. The van der Waals surface area contributed by atoms with Crippen molar-refractivity contribution in [3.05, 3.63) is 89.5 Å². The number of hydrogen-bond acceptors (Lipinski definition) is 4. The number of ether oxygens (including phenoxy) is 1. The molecule has 0 spiro atoms. The molecule has 1 heterocycles. The minimum absolute atomic E-state index is 0.142. The Morgan fingerprint density at radius 3 is 2.45 bits per heavy atom. The van der Waals surface area contributed by atoms with Gasteiger partial charge in [0, 0.05) is 25.7 Å². The number of amides is 3. The highest BCUT2D eigenvalue weighted by Gasteiger charge is 2.35. The average Bonchev–Trinajstić information content (AvgIpc) is 3.02. The van der Waals surface area contributed by atoms with E-state index in [9.17, 15) is 14.4 Å². The maximum atomic E-state index is 13.0. The van der Waals surface area contributed by atoms with Gasteiger partial charge in [0.1, 0.15) is 5.75 Å². The molecule has 0 aliphatic carbocycles. The van der Waals surface area contributed by atoms with Gasteiger partial charge in [0.25, 0.3) is 17.7 Å². The van der Waals surface area contributed by atoms with Crippen molar-refractivity contribution in [1.29, 1.82) is 0 Å². The molecule has 156 valence electrons. The van der Waals surface area contributed by atoms with E-state index in [0.29, 0.717) is 17.7 Å². The molecule has 0 saturated heterocycles. The summed E-state index contributed by atoms with van der Waals surface area (Å²) in [6.45, 7) is 4.13. The van der Waals surface area contributed by atoms with E-state index in [4.69, 9.17) is 4.74 Å². The predicted octanol–water partition coefficient (Wildman–Crippen LogP) is 3.90. The van der Waals surface area contributed by atoms with Crippen LogP contribution in [0.25, 0.3) is 10.8 Å². The van der Waals surface area contributed by atoms with Gasteiger partial charge in [-0.2, -0.15) is 0 Å². The summed E-state index contributed by atoms with van der Waals surface area (Å²) < 4.78 is 5.26. The van der Waals surface area contributed by atoms with Crippen molar-refractivity contribution in [3.8, 4) is 5.75 Å². The number of benzene rings is 3. The Kier molecular flexibility index (Phi) is 5.29. The quantitative estimate of drug-likeness (QED) is 0.453. The Hall–Kier alpha value is -3.93. The van der Waals surface area contributed by atoms with Gasteiger partial charge >= 0.3 is 0 Å². The Morgan fingerprint density at radius 2 is 1.71 bits per heavy atom. The van der Waals surface area contributed by atoms with Crippen LogP contribution < -0.4 is 4.74 Å². The highest BCUT2D eigenvalue weighted by Crippen LogP contribution is 2.25. The minimum atomic E-state index is -0.401. The summed E-state index contributed by atoms with van der Waals surface area (Å²) in [6.07, 6.45) is 1.50. The van der Waals surface area contributed by atoms with Crippen LogP contribution in [-0.2, 0) is 6.54 Å². The second-order valence-electron chi connectivity index (χ2n) is 7.48. The molecule has 1 aliphatic rings. The molecule has 1 aliphatic heterocycles. The molecule has 4 rings (SSSR count). The number of carbonyl (C=O) groups excluding carboxylic acids is 3. The van der Waals surface area contributed by atoms with Crippen LogP contribution in [0.1, 0.15) is 36.6 Å². The van der Waals surface area contributed by atoms with E-state index >= 15 is 0 Å². The van der Waals surface area contributed by atoms with E-state index in [2.05, 4.69) is 6.58 Å². The molecule has 0 fully saturated rings. The number of hydrogen-bond donors (Lipinski definition) is 0. The molecule has 0 atom stereocenters. The number of fused-ring (bicyclic) bond motifs is 2. The zero-order chi connectivity index (χ0) is 22.1. The largest absolute Gasteiger partial charge is 0.497 e. The van der Waals surface area contributed by atoms with Gasteiger partial charge in [0.15, 0.2) is 0 Å². The smallest absolute Gasteiger partial charge is 0.261 e. The third-order valence-corrected chi connectivity index (χ3v) is 5.41. The molecule has 0 unspecified atom stereocenters. The summed E-state index contributed by atoms with van der Waals surface area (Å²) in [4.78, 5) is 40.6. The second kappa shape index (κ2) is 8.07. The van der Waals surface area contributed by atoms with Gasteiger partial charge in [0.05, 0.1) is 18.2 Å². The van der Waals surface area contributed by atoms with Crippen LogP contribution in [0.5, 0.6) is 5.75 Å². The molecular formula is C25H22N2O4. The second-order valence-corrected chi connectivity index (χ2v) is 7.48. The Labute approximate surface area is 180 Å². The molecule has 3 aromatic carbocycles. The summed E-state index contributed by atoms with van der Waals surface area (Å²) in [5, 5.41) is 2.12. The zero-order valence-corrected chi connectivity index (χ0v) is 17.4. The normalized spacial score (nSPS) is 12.8. The van der Waals surface area contributed by atoms with E-state index < -0.39 is 5.91 Å². The first-order valence-electron chi connectivity index (χ1n) is 9.86. The zero-order valence-electron chi connectivity index (χ0n) is 17.4. The molecular weight excluding hydrogens is 392 g/mol. The number of nitrogens with zero attached hydrogens (tertiary/aromatic N) is 2. The van der Waals surface area contributed by atoms with Crippen LogP contribution in [0.2, 0.25) is 0 Å². The number of imide groups is 1. The van der Waals surface area contributed by atoms with Gasteiger partial charge in [-0.05, 0) is 52.7 Å². The van der Waals surface area contributed by atoms with E-state index in [1.54, 1.807) is 31.2 Å². The van der Waals surface area contributed by atoms with Crippen LogP contribution in [0.4, 0.5) is 0 Å². The topological polar surface area (TPSA) is 66.9 Å². The summed E-state index contributed by atoms with van der Waals surface area (Å²) in [5.74, 6) is -0.189. The highest BCUT2D eigenvalue weighted by atomic mass is 16.5. The molecule has 3 amide bonds. The standard InChI is InChI=1S/C25H22N2O4/c1-4-11-27-24(29)21-10-8-19(14-22(21)25(27)30)23(28)26(2)15-16-5-6-18-13-20(31-3)9-7-17(18)12-16/h4-10,12-14H,1,11,15H2,2-3H3. The number of methoxy groups -OCH3 is 1. The fourth-order valence-corrected chi connectivity index (χ4v) is 3.78. The van der Waals surface area contributed by atoms with Gasteiger partial charge in [-0.15, -0.1) is 6.58 Å². The van der Waals surface area contributed by atoms with Gasteiger partial charge in [-0.25, -0.2) is 0 Å². The molecule has 0 bridgehead atoms. The predicted molar refractivity (Wildman–Crippen MR) is 118 cm³/mol. The van der Waals surface area contributed by atoms with Crippen LogP contribution in [0.15, 0.2) is 67.3 Å². The van der Waals surface area contributed by atoms with Gasteiger partial charge in [0.2, 0.25) is 0 Å². The first-order valence-corrected chi connectivity index (χ1v) is 9.86. The third kappa shape index (κ3) is 3.68. The number of rotatable bonds is 6. The van der Waals surface area contributed by atoms with Crippen molar-refractivity contribution in [2.75, 3.05) is 20.7 Å². The Balaban J connectivity index is 1.54. The lowest BCUT2D eigenvalue weighted by Gasteiger charge is -2.18. The van der Waals surface area contributed by atoms with E-state index in [-0.39, 0.29) is 23.9 Å². The van der Waals surface area contributed by atoms with Gasteiger partial charge < -0.3 is 9.64 Å². The molecule has 6 heteroatoms. The summed E-state index contributed by atoms with van der Waals surface area (Å²) in [5.41, 5.74) is 1.92. The van der Waals surface area contributed by atoms with Crippen LogP contribution in [-0.4, -0.2) is 48.2 Å². The Bertz CT molecular complexity index is 1230. The monoisotopic (exact) mass is 414 g/mol. The van der Waals surface area contributed by atoms with Crippen molar-refractivity contribution in [1.82, 2.24) is 9.80 Å². The van der Waals surface area contributed by atoms with E-state index in [1.807, 2.05) is 36.4 Å². The van der Waals surface area contributed by atoms with Gasteiger partial charge in [-0.1, -0.05) is 24.3 Å². The van der Waals surface area contributed by atoms with Gasteiger partial charge in [-0.3, -0.25) is 19.3 Å². The lowest BCUT2D eigenvalue weighted by Crippen LogP contribution is -2.29. The maximum absolute atomic E-state index is 13.0.